The molecular formula is C11H17Na. The van der Waals surface area contributed by atoms with Gasteiger partial charge in [0.25, 0.3) is 0 Å². The predicted molar refractivity (Wildman–Crippen MR) is 49.3 cm³/mol. The SMILES string of the molecule is CCCCCCC1=[C-]C=CC1.[Na+]. The van der Waals surface area contributed by atoms with E-state index in [-0.39, 0.29) is 29.6 Å². The summed E-state index contributed by atoms with van der Waals surface area (Å²) in [5.74, 6) is 0. The van der Waals surface area contributed by atoms with E-state index in [0.717, 1.165) is 6.42 Å². The molecule has 1 heteroatoms. The van der Waals surface area contributed by atoms with Crippen LogP contribution in [0.5, 0.6) is 0 Å². The first kappa shape index (κ1) is 12.5. The summed E-state index contributed by atoms with van der Waals surface area (Å²) < 4.78 is 0. The molecule has 1 rings (SSSR count). The van der Waals surface area contributed by atoms with Crippen LogP contribution in [0.4, 0.5) is 0 Å². The van der Waals surface area contributed by atoms with Crippen molar-refractivity contribution in [3.8, 4) is 0 Å². The van der Waals surface area contributed by atoms with E-state index in [1.165, 1.54) is 37.7 Å². The largest absolute Gasteiger partial charge is 1.00 e. The zero-order chi connectivity index (χ0) is 7.94. The van der Waals surface area contributed by atoms with Gasteiger partial charge in [0.1, 0.15) is 0 Å². The smallest absolute Gasteiger partial charge is 0.253 e. The van der Waals surface area contributed by atoms with Crippen LogP contribution in [0, 0.1) is 6.08 Å². The minimum atomic E-state index is 0. The molecule has 0 aromatic heterocycles. The van der Waals surface area contributed by atoms with E-state index in [0.29, 0.717) is 0 Å². The number of hydrogen-bond donors (Lipinski definition) is 0. The van der Waals surface area contributed by atoms with Crippen molar-refractivity contribution >= 4 is 0 Å². The monoisotopic (exact) mass is 172 g/mol. The number of hydrogen-bond acceptors (Lipinski definition) is 0. The molecule has 0 nitrogen and oxygen atoms in total. The molecule has 0 atom stereocenters. The summed E-state index contributed by atoms with van der Waals surface area (Å²) in [6.45, 7) is 2.25. The van der Waals surface area contributed by atoms with Crippen molar-refractivity contribution in [3.05, 3.63) is 23.8 Å². The molecule has 0 saturated carbocycles. The molecule has 0 saturated heterocycles. The minimum absolute atomic E-state index is 0. The molecule has 0 bridgehead atoms. The molecule has 0 aromatic rings. The Morgan fingerprint density at radius 3 is 2.75 bits per heavy atom. The van der Waals surface area contributed by atoms with Gasteiger partial charge in [0.15, 0.2) is 0 Å². The Hall–Kier alpha value is 0.480. The quantitative estimate of drug-likeness (QED) is 0.324. The van der Waals surface area contributed by atoms with E-state index in [9.17, 15) is 0 Å². The molecule has 0 unspecified atom stereocenters. The first-order chi connectivity index (χ1) is 5.43. The van der Waals surface area contributed by atoms with Crippen molar-refractivity contribution in [1.29, 1.82) is 0 Å². The van der Waals surface area contributed by atoms with Crippen LogP contribution in [0.3, 0.4) is 0 Å². The normalized spacial score (nSPS) is 14.2. The average molecular weight is 172 g/mol. The summed E-state index contributed by atoms with van der Waals surface area (Å²) in [5.41, 5.74) is 1.50. The molecule has 1 aliphatic rings. The van der Waals surface area contributed by atoms with Crippen LogP contribution >= 0.6 is 0 Å². The molecule has 1 aliphatic carbocycles. The van der Waals surface area contributed by atoms with Crippen LogP contribution < -0.4 is 29.6 Å². The van der Waals surface area contributed by atoms with E-state index < -0.39 is 0 Å². The van der Waals surface area contributed by atoms with Gasteiger partial charge in [-0.15, -0.1) is 0 Å². The van der Waals surface area contributed by atoms with Crippen molar-refractivity contribution in [1.82, 2.24) is 0 Å². The van der Waals surface area contributed by atoms with Crippen LogP contribution in [0.25, 0.3) is 0 Å². The van der Waals surface area contributed by atoms with Crippen LogP contribution in [0.15, 0.2) is 17.7 Å². The van der Waals surface area contributed by atoms with Gasteiger partial charge in [-0.2, -0.15) is 5.57 Å². The molecule has 0 amide bonds. The standard InChI is InChI=1S/C11H17.Na/c1-2-3-4-5-8-11-9-6-7-10-11;/h6-7H,2-5,8-9H2,1H3;/q-1;+1. The van der Waals surface area contributed by atoms with Crippen LogP contribution in [-0.4, -0.2) is 0 Å². The zero-order valence-corrected chi connectivity index (χ0v) is 10.4. The Labute approximate surface area is 98.4 Å². The summed E-state index contributed by atoms with van der Waals surface area (Å²) in [7, 11) is 0. The van der Waals surface area contributed by atoms with Gasteiger partial charge in [0.2, 0.25) is 0 Å². The predicted octanol–water partition coefficient (Wildman–Crippen LogP) is 0.650. The zero-order valence-electron chi connectivity index (χ0n) is 8.40. The Balaban J connectivity index is 0.00000121. The van der Waals surface area contributed by atoms with Gasteiger partial charge in [-0.3, -0.25) is 6.08 Å². The molecule has 12 heavy (non-hydrogen) atoms. The molecule has 0 fully saturated rings. The van der Waals surface area contributed by atoms with E-state index in [2.05, 4.69) is 25.2 Å². The summed E-state index contributed by atoms with van der Waals surface area (Å²) in [6.07, 6.45) is 15.4. The van der Waals surface area contributed by atoms with Crippen molar-refractivity contribution < 1.29 is 29.6 Å². The summed E-state index contributed by atoms with van der Waals surface area (Å²) in [4.78, 5) is 0. The number of rotatable bonds is 5. The third-order valence-electron chi connectivity index (χ3n) is 2.10. The van der Waals surface area contributed by atoms with Gasteiger partial charge < -0.3 is 0 Å². The molecule has 0 aliphatic heterocycles. The molecule has 0 aromatic carbocycles. The van der Waals surface area contributed by atoms with Crippen molar-refractivity contribution in [3.63, 3.8) is 0 Å². The van der Waals surface area contributed by atoms with E-state index in [1.54, 1.807) is 0 Å². The summed E-state index contributed by atoms with van der Waals surface area (Å²) in [5, 5.41) is 0. The Morgan fingerprint density at radius 2 is 2.17 bits per heavy atom. The molecule has 0 heterocycles. The maximum atomic E-state index is 3.27. The van der Waals surface area contributed by atoms with Crippen LogP contribution in [0.2, 0.25) is 0 Å². The van der Waals surface area contributed by atoms with Gasteiger partial charge in [-0.1, -0.05) is 45.4 Å². The van der Waals surface area contributed by atoms with Gasteiger partial charge in [-0.05, 0) is 0 Å². The Kier molecular flexibility index (Phi) is 8.42. The van der Waals surface area contributed by atoms with Crippen molar-refractivity contribution in [2.24, 2.45) is 0 Å². The third kappa shape index (κ3) is 5.18. The Morgan fingerprint density at radius 1 is 1.33 bits per heavy atom. The second kappa shape index (κ2) is 8.10. The number of allylic oxidation sites excluding steroid dienone is 4. The summed E-state index contributed by atoms with van der Waals surface area (Å²) >= 11 is 0. The van der Waals surface area contributed by atoms with Crippen LogP contribution in [0.1, 0.15) is 45.4 Å². The fourth-order valence-electron chi connectivity index (χ4n) is 1.38. The third-order valence-corrected chi connectivity index (χ3v) is 2.10. The maximum absolute atomic E-state index is 3.27. The summed E-state index contributed by atoms with van der Waals surface area (Å²) in [6, 6.07) is 0. The van der Waals surface area contributed by atoms with E-state index in [4.69, 9.17) is 0 Å². The molecule has 62 valence electrons. The Bertz CT molecular complexity index is 156. The second-order valence-corrected chi connectivity index (χ2v) is 3.17. The molecule has 0 radical (unpaired) electrons. The molecular weight excluding hydrogens is 155 g/mol. The number of unbranched alkanes of at least 4 members (excludes halogenated alkanes) is 3. The molecule has 0 spiro atoms. The van der Waals surface area contributed by atoms with Gasteiger partial charge in [-0.25, -0.2) is 12.2 Å². The van der Waals surface area contributed by atoms with Gasteiger partial charge in [0.05, 0.1) is 0 Å². The first-order valence-electron chi connectivity index (χ1n) is 4.69. The maximum Gasteiger partial charge on any atom is 1.00 e. The molecule has 0 N–H and O–H groups in total. The van der Waals surface area contributed by atoms with Gasteiger partial charge >= 0.3 is 29.6 Å². The fraction of sp³-hybridized carbons (Fsp3) is 0.636. The first-order valence-corrected chi connectivity index (χ1v) is 4.69. The topological polar surface area (TPSA) is 0 Å². The van der Waals surface area contributed by atoms with Gasteiger partial charge in [0, 0.05) is 0 Å². The fourth-order valence-corrected chi connectivity index (χ4v) is 1.38. The second-order valence-electron chi connectivity index (χ2n) is 3.17. The minimum Gasteiger partial charge on any atom is -0.253 e. The average Bonchev–Trinajstić information content (AvgIpc) is 2.50. The van der Waals surface area contributed by atoms with Crippen molar-refractivity contribution in [2.45, 2.75) is 45.4 Å². The van der Waals surface area contributed by atoms with Crippen LogP contribution in [-0.2, 0) is 0 Å². The van der Waals surface area contributed by atoms with Crippen molar-refractivity contribution in [2.75, 3.05) is 0 Å². The van der Waals surface area contributed by atoms with E-state index in [1.807, 2.05) is 0 Å². The van der Waals surface area contributed by atoms with E-state index >= 15 is 0 Å².